The summed E-state index contributed by atoms with van der Waals surface area (Å²) in [6.07, 6.45) is 3.04. The van der Waals surface area contributed by atoms with Gasteiger partial charge in [-0.25, -0.2) is 0 Å². The topological polar surface area (TPSA) is 15.3 Å². The molecule has 0 spiro atoms. The van der Waals surface area contributed by atoms with Crippen LogP contribution in [0.4, 0.5) is 10.2 Å². The second-order valence-corrected chi connectivity index (χ2v) is 4.78. The lowest BCUT2D eigenvalue weighted by Gasteiger charge is -2.25. The number of hydrogen-bond acceptors (Lipinski definition) is 2. The van der Waals surface area contributed by atoms with Gasteiger partial charge in [0.25, 0.3) is 0 Å². The van der Waals surface area contributed by atoms with E-state index in [1.165, 1.54) is 11.3 Å². The van der Waals surface area contributed by atoms with E-state index in [2.05, 4.69) is 36.5 Å². The highest BCUT2D eigenvalue weighted by Crippen LogP contribution is 2.22. The van der Waals surface area contributed by atoms with Crippen LogP contribution in [0.3, 0.4) is 0 Å². The number of piperidine rings is 1. The van der Waals surface area contributed by atoms with Crippen molar-refractivity contribution in [3.05, 3.63) is 29.8 Å². The van der Waals surface area contributed by atoms with Crippen LogP contribution in [0.15, 0.2) is 24.3 Å². The minimum atomic E-state index is 0.597. The average molecular weight is 236 g/mol. The van der Waals surface area contributed by atoms with E-state index >= 15 is 0 Å². The summed E-state index contributed by atoms with van der Waals surface area (Å²) in [7, 11) is 0. The van der Waals surface area contributed by atoms with Gasteiger partial charge in [0.1, 0.15) is 0 Å². The maximum atomic E-state index is 12.9. The molecule has 2 nitrogen and oxygen atoms in total. The van der Waals surface area contributed by atoms with Gasteiger partial charge in [0.2, 0.25) is 0 Å². The lowest BCUT2D eigenvalue weighted by Crippen LogP contribution is -2.28. The van der Waals surface area contributed by atoms with Gasteiger partial charge in [-0.05, 0) is 49.8 Å². The molecule has 0 aromatic heterocycles. The third-order valence-corrected chi connectivity index (χ3v) is 3.42. The van der Waals surface area contributed by atoms with Crippen LogP contribution in [0.1, 0.15) is 25.3 Å². The van der Waals surface area contributed by atoms with Crippen LogP contribution in [-0.4, -0.2) is 24.8 Å². The molecule has 0 radical (unpaired) electrons. The van der Waals surface area contributed by atoms with Crippen LogP contribution in [-0.2, 0) is 6.42 Å². The molecule has 94 valence electrons. The van der Waals surface area contributed by atoms with Gasteiger partial charge in [-0.15, -0.1) is 9.60 Å². The highest BCUT2D eigenvalue weighted by Gasteiger charge is 2.18. The van der Waals surface area contributed by atoms with E-state index in [1.807, 2.05) is 0 Å². The molecule has 1 N–H and O–H groups in total. The fraction of sp³-hybridized carbons (Fsp3) is 0.571. The Balaban J connectivity index is 1.86. The normalized spacial score (nSPS) is 18.2. The largest absolute Gasteiger partial charge is 0.385 e. The average Bonchev–Trinajstić information content (AvgIpc) is 2.35. The second kappa shape index (κ2) is 6.01. The van der Waals surface area contributed by atoms with E-state index in [9.17, 15) is 4.48 Å². The Morgan fingerprint density at radius 3 is 2.47 bits per heavy atom. The SMILES string of the molecule is CCNc1ccc(CC2CCN(F)CC2)cc1. The number of anilines is 1. The van der Waals surface area contributed by atoms with E-state index in [-0.39, 0.29) is 0 Å². The molecule has 0 aliphatic carbocycles. The van der Waals surface area contributed by atoms with Crippen molar-refractivity contribution in [3.63, 3.8) is 0 Å². The van der Waals surface area contributed by atoms with Gasteiger partial charge in [-0.3, -0.25) is 0 Å². The zero-order valence-electron chi connectivity index (χ0n) is 10.5. The molecule has 1 aromatic carbocycles. The number of nitrogens with one attached hydrogen (secondary N) is 1. The Labute approximate surface area is 103 Å². The first-order chi connectivity index (χ1) is 8.28. The fourth-order valence-corrected chi connectivity index (χ4v) is 2.40. The molecular formula is C14H21FN2. The van der Waals surface area contributed by atoms with Crippen molar-refractivity contribution in [3.8, 4) is 0 Å². The van der Waals surface area contributed by atoms with Crippen molar-refractivity contribution >= 4 is 5.69 Å². The quantitative estimate of drug-likeness (QED) is 0.807. The Bertz CT molecular complexity index is 329. The van der Waals surface area contributed by atoms with Crippen LogP contribution < -0.4 is 5.32 Å². The zero-order valence-corrected chi connectivity index (χ0v) is 10.5. The van der Waals surface area contributed by atoms with Gasteiger partial charge < -0.3 is 5.32 Å². The van der Waals surface area contributed by atoms with Crippen molar-refractivity contribution in [2.24, 2.45) is 5.92 Å². The van der Waals surface area contributed by atoms with E-state index in [1.54, 1.807) is 0 Å². The Morgan fingerprint density at radius 2 is 1.88 bits per heavy atom. The molecule has 0 amide bonds. The van der Waals surface area contributed by atoms with Gasteiger partial charge >= 0.3 is 0 Å². The molecule has 1 aliphatic rings. The van der Waals surface area contributed by atoms with Crippen LogP contribution in [0.25, 0.3) is 0 Å². The van der Waals surface area contributed by atoms with E-state index < -0.39 is 0 Å². The highest BCUT2D eigenvalue weighted by molar-refractivity contribution is 5.44. The van der Waals surface area contributed by atoms with E-state index in [4.69, 9.17) is 0 Å². The molecule has 0 atom stereocenters. The Kier molecular flexibility index (Phi) is 4.37. The summed E-state index contributed by atoms with van der Waals surface area (Å²) >= 11 is 0. The smallest absolute Gasteiger partial charge is 0.0340 e. The summed E-state index contributed by atoms with van der Waals surface area (Å²) in [5.74, 6) is 0.645. The minimum absolute atomic E-state index is 0.597. The molecule has 0 unspecified atom stereocenters. The first kappa shape index (κ1) is 12.4. The summed E-state index contributed by atoms with van der Waals surface area (Å²) in [5.41, 5.74) is 2.54. The molecule has 1 heterocycles. The molecule has 2 rings (SSSR count). The van der Waals surface area contributed by atoms with Gasteiger partial charge in [-0.2, -0.15) is 0 Å². The number of nitrogens with zero attached hydrogens (tertiary/aromatic N) is 1. The summed E-state index contributed by atoms with van der Waals surface area (Å²) in [5, 5.41) is 4.22. The molecule has 17 heavy (non-hydrogen) atoms. The molecule has 1 fully saturated rings. The monoisotopic (exact) mass is 236 g/mol. The van der Waals surface area contributed by atoms with Crippen molar-refractivity contribution in [2.45, 2.75) is 26.2 Å². The number of rotatable bonds is 4. The third-order valence-electron chi connectivity index (χ3n) is 3.42. The van der Waals surface area contributed by atoms with Gasteiger partial charge in [-0.1, -0.05) is 12.1 Å². The molecule has 1 aliphatic heterocycles. The fourth-order valence-electron chi connectivity index (χ4n) is 2.40. The highest BCUT2D eigenvalue weighted by atomic mass is 19.2. The number of halogens is 1. The Hall–Kier alpha value is -1.09. The van der Waals surface area contributed by atoms with Crippen LogP contribution in [0.5, 0.6) is 0 Å². The third kappa shape index (κ3) is 3.70. The number of benzene rings is 1. The van der Waals surface area contributed by atoms with Gasteiger partial charge in [0, 0.05) is 25.3 Å². The first-order valence-corrected chi connectivity index (χ1v) is 6.51. The molecular weight excluding hydrogens is 215 g/mol. The summed E-state index contributed by atoms with van der Waals surface area (Å²) in [4.78, 5) is 0. The Morgan fingerprint density at radius 1 is 1.24 bits per heavy atom. The molecule has 0 saturated carbocycles. The lowest BCUT2D eigenvalue weighted by atomic mass is 9.91. The van der Waals surface area contributed by atoms with E-state index in [0.717, 1.165) is 30.9 Å². The second-order valence-electron chi connectivity index (χ2n) is 4.78. The zero-order chi connectivity index (χ0) is 12.1. The summed E-state index contributed by atoms with van der Waals surface area (Å²) in [6, 6.07) is 8.62. The van der Waals surface area contributed by atoms with E-state index in [0.29, 0.717) is 19.0 Å². The molecule has 1 saturated heterocycles. The standard InChI is InChI=1S/C14H21FN2/c1-2-16-14-5-3-12(4-6-14)11-13-7-9-17(15)10-8-13/h3-6,13,16H,2,7-11H2,1H3. The van der Waals surface area contributed by atoms with Crippen LogP contribution >= 0.6 is 0 Å². The summed E-state index contributed by atoms with van der Waals surface area (Å²) in [6.45, 7) is 4.24. The summed E-state index contributed by atoms with van der Waals surface area (Å²) < 4.78 is 12.9. The first-order valence-electron chi connectivity index (χ1n) is 6.51. The molecule has 1 aromatic rings. The maximum Gasteiger partial charge on any atom is 0.0340 e. The van der Waals surface area contributed by atoms with Crippen molar-refractivity contribution < 1.29 is 4.48 Å². The minimum Gasteiger partial charge on any atom is -0.385 e. The predicted octanol–water partition coefficient (Wildman–Crippen LogP) is 3.26. The van der Waals surface area contributed by atoms with Gasteiger partial charge in [0.05, 0.1) is 0 Å². The van der Waals surface area contributed by atoms with Crippen molar-refractivity contribution in [1.29, 1.82) is 0 Å². The maximum absolute atomic E-state index is 12.9. The number of hydrogen-bond donors (Lipinski definition) is 1. The van der Waals surface area contributed by atoms with Crippen LogP contribution in [0.2, 0.25) is 0 Å². The lowest BCUT2D eigenvalue weighted by molar-refractivity contribution is -0.00852. The van der Waals surface area contributed by atoms with Gasteiger partial charge in [0.15, 0.2) is 0 Å². The van der Waals surface area contributed by atoms with Crippen molar-refractivity contribution in [1.82, 2.24) is 5.12 Å². The van der Waals surface area contributed by atoms with Crippen molar-refractivity contribution in [2.75, 3.05) is 25.0 Å². The molecule has 3 heteroatoms. The predicted molar refractivity (Wildman–Crippen MR) is 69.7 cm³/mol. The van der Waals surface area contributed by atoms with Crippen LogP contribution in [0, 0.1) is 5.92 Å². The molecule has 0 bridgehead atoms.